The van der Waals surface area contributed by atoms with Crippen molar-refractivity contribution < 1.29 is 22.0 Å². The minimum atomic E-state index is -3.79. The van der Waals surface area contributed by atoms with Crippen LogP contribution in [0.25, 0.3) is 0 Å². The zero-order valence-electron chi connectivity index (χ0n) is 14.0. The van der Waals surface area contributed by atoms with E-state index in [0.717, 1.165) is 22.7 Å². The number of rotatable bonds is 5. The van der Waals surface area contributed by atoms with E-state index in [0.29, 0.717) is 16.8 Å². The minimum Gasteiger partial charge on any atom is -0.320 e. The van der Waals surface area contributed by atoms with E-state index in [1.807, 2.05) is 0 Å². The lowest BCUT2D eigenvalue weighted by Gasteiger charge is -2.25. The van der Waals surface area contributed by atoms with Gasteiger partial charge in [-0.3, -0.25) is 9.10 Å². The van der Waals surface area contributed by atoms with Gasteiger partial charge in [-0.05, 0) is 37.1 Å². The largest absolute Gasteiger partial charge is 0.320 e. The number of halogens is 2. The number of benzene rings is 2. The first kappa shape index (κ1) is 18.9. The number of aryl methyl sites for hydroxylation is 2. The van der Waals surface area contributed by atoms with E-state index >= 15 is 0 Å². The van der Waals surface area contributed by atoms with Gasteiger partial charge in [-0.25, -0.2) is 17.2 Å². The number of anilines is 2. The first-order chi connectivity index (χ1) is 11.6. The maximum absolute atomic E-state index is 13.6. The Labute approximate surface area is 145 Å². The predicted molar refractivity (Wildman–Crippen MR) is 93.1 cm³/mol. The number of hydrogen-bond donors (Lipinski definition) is 1. The van der Waals surface area contributed by atoms with Gasteiger partial charge in [0, 0.05) is 0 Å². The molecule has 8 heteroatoms. The van der Waals surface area contributed by atoms with Crippen molar-refractivity contribution >= 4 is 27.3 Å². The number of amides is 1. The van der Waals surface area contributed by atoms with Crippen molar-refractivity contribution in [1.82, 2.24) is 0 Å². The highest BCUT2D eigenvalue weighted by Gasteiger charge is 2.24. The molecule has 25 heavy (non-hydrogen) atoms. The van der Waals surface area contributed by atoms with Crippen molar-refractivity contribution in [2.75, 3.05) is 22.4 Å². The summed E-state index contributed by atoms with van der Waals surface area (Å²) in [7, 11) is -3.79. The van der Waals surface area contributed by atoms with Crippen LogP contribution in [0.5, 0.6) is 0 Å². The summed E-state index contributed by atoms with van der Waals surface area (Å²) in [5.74, 6) is -2.73. The van der Waals surface area contributed by atoms with Gasteiger partial charge >= 0.3 is 0 Å². The van der Waals surface area contributed by atoms with Crippen LogP contribution in [0.15, 0.2) is 36.4 Å². The lowest BCUT2D eigenvalue weighted by molar-refractivity contribution is -0.114. The van der Waals surface area contributed by atoms with Crippen LogP contribution in [0, 0.1) is 25.5 Å². The van der Waals surface area contributed by atoms with Crippen LogP contribution in [0.4, 0.5) is 20.2 Å². The SMILES string of the molecule is Cc1cccc(C)c1N(CC(=O)Nc1c(F)cccc1F)S(C)(=O)=O. The molecular formula is C17H18F2N2O3S. The molecule has 0 radical (unpaired) electrons. The van der Waals surface area contributed by atoms with Gasteiger partial charge in [-0.2, -0.15) is 0 Å². The first-order valence-electron chi connectivity index (χ1n) is 7.39. The molecule has 134 valence electrons. The predicted octanol–water partition coefficient (Wildman–Crippen LogP) is 2.99. The summed E-state index contributed by atoms with van der Waals surface area (Å²) in [6.45, 7) is 2.84. The molecule has 1 amide bonds. The summed E-state index contributed by atoms with van der Waals surface area (Å²) in [6, 6.07) is 8.37. The maximum Gasteiger partial charge on any atom is 0.245 e. The van der Waals surface area contributed by atoms with Crippen LogP contribution in [0.1, 0.15) is 11.1 Å². The third kappa shape index (κ3) is 4.33. The lowest BCUT2D eigenvalue weighted by atomic mass is 10.1. The Bertz CT molecular complexity index is 874. The molecule has 0 unspecified atom stereocenters. The second-order valence-corrected chi connectivity index (χ2v) is 7.56. The van der Waals surface area contributed by atoms with Crippen LogP contribution >= 0.6 is 0 Å². The number of carbonyl (C=O) groups is 1. The summed E-state index contributed by atoms with van der Waals surface area (Å²) in [5.41, 5.74) is 1.09. The zero-order chi connectivity index (χ0) is 18.8. The number of nitrogens with one attached hydrogen (secondary N) is 1. The van der Waals surface area contributed by atoms with Crippen molar-refractivity contribution in [3.63, 3.8) is 0 Å². The van der Waals surface area contributed by atoms with Crippen molar-refractivity contribution in [3.8, 4) is 0 Å². The van der Waals surface area contributed by atoms with Crippen LogP contribution < -0.4 is 9.62 Å². The van der Waals surface area contributed by atoms with E-state index < -0.39 is 39.8 Å². The molecule has 0 fully saturated rings. The fourth-order valence-electron chi connectivity index (χ4n) is 2.49. The molecule has 0 saturated heterocycles. The summed E-state index contributed by atoms with van der Waals surface area (Å²) in [4.78, 5) is 12.2. The molecule has 2 aromatic carbocycles. The van der Waals surface area contributed by atoms with Crippen LogP contribution in [-0.2, 0) is 14.8 Å². The summed E-state index contributed by atoms with van der Waals surface area (Å²) in [6.07, 6.45) is 0.968. The maximum atomic E-state index is 13.6. The number of nitrogens with zero attached hydrogens (tertiary/aromatic N) is 1. The Hall–Kier alpha value is -2.48. The average molecular weight is 368 g/mol. The summed E-state index contributed by atoms with van der Waals surface area (Å²) >= 11 is 0. The van der Waals surface area contributed by atoms with Gasteiger partial charge in [0.05, 0.1) is 11.9 Å². The smallest absolute Gasteiger partial charge is 0.245 e. The quantitative estimate of drug-likeness (QED) is 0.882. The second-order valence-electron chi connectivity index (χ2n) is 5.65. The topological polar surface area (TPSA) is 66.5 Å². The molecule has 1 N–H and O–H groups in total. The number of hydrogen-bond acceptors (Lipinski definition) is 3. The fourth-order valence-corrected chi connectivity index (χ4v) is 3.46. The summed E-state index contributed by atoms with van der Waals surface area (Å²) in [5, 5.41) is 2.09. The van der Waals surface area contributed by atoms with E-state index in [9.17, 15) is 22.0 Å². The van der Waals surface area contributed by atoms with Gasteiger partial charge in [0.15, 0.2) is 0 Å². The Morgan fingerprint density at radius 2 is 1.52 bits per heavy atom. The molecule has 0 aliphatic rings. The van der Waals surface area contributed by atoms with Gasteiger partial charge in [0.1, 0.15) is 23.9 Å². The van der Waals surface area contributed by atoms with Crippen molar-refractivity contribution in [2.45, 2.75) is 13.8 Å². The zero-order valence-corrected chi connectivity index (χ0v) is 14.8. The normalized spacial score (nSPS) is 11.2. The second kappa shape index (κ2) is 7.18. The van der Waals surface area contributed by atoms with Crippen LogP contribution in [0.3, 0.4) is 0 Å². The first-order valence-corrected chi connectivity index (χ1v) is 9.24. The van der Waals surface area contributed by atoms with Gasteiger partial charge < -0.3 is 5.32 Å². The van der Waals surface area contributed by atoms with E-state index in [1.54, 1.807) is 32.0 Å². The molecule has 0 aliphatic heterocycles. The van der Waals surface area contributed by atoms with E-state index in [-0.39, 0.29) is 0 Å². The van der Waals surface area contributed by atoms with Crippen molar-refractivity contribution in [2.24, 2.45) is 0 Å². The fraction of sp³-hybridized carbons (Fsp3) is 0.235. The molecule has 0 spiro atoms. The molecule has 0 heterocycles. The highest BCUT2D eigenvalue weighted by molar-refractivity contribution is 7.92. The molecule has 0 aliphatic carbocycles. The van der Waals surface area contributed by atoms with Crippen LogP contribution in [-0.4, -0.2) is 27.1 Å². The van der Waals surface area contributed by atoms with Crippen LogP contribution in [0.2, 0.25) is 0 Å². The highest BCUT2D eigenvalue weighted by atomic mass is 32.2. The van der Waals surface area contributed by atoms with Gasteiger partial charge in [-0.1, -0.05) is 24.3 Å². The molecule has 5 nitrogen and oxygen atoms in total. The van der Waals surface area contributed by atoms with Gasteiger partial charge in [0.25, 0.3) is 0 Å². The molecule has 2 aromatic rings. The third-order valence-electron chi connectivity index (χ3n) is 3.60. The van der Waals surface area contributed by atoms with Gasteiger partial charge in [-0.15, -0.1) is 0 Å². The standard InChI is InChI=1S/C17H18F2N2O3S/c1-11-6-4-7-12(2)17(11)21(25(3,23)24)10-15(22)20-16-13(18)8-5-9-14(16)19/h4-9H,10H2,1-3H3,(H,20,22). The minimum absolute atomic E-state index is 0.370. The Balaban J connectivity index is 2.34. The third-order valence-corrected chi connectivity index (χ3v) is 4.72. The monoisotopic (exact) mass is 368 g/mol. The Kier molecular flexibility index (Phi) is 5.42. The molecule has 0 aromatic heterocycles. The number of para-hydroxylation sites is 2. The Morgan fingerprint density at radius 1 is 1.04 bits per heavy atom. The highest BCUT2D eigenvalue weighted by Crippen LogP contribution is 2.27. The number of sulfonamides is 1. The molecule has 0 bridgehead atoms. The molecular weight excluding hydrogens is 350 g/mol. The molecule has 0 saturated carbocycles. The van der Waals surface area contributed by atoms with Crippen molar-refractivity contribution in [3.05, 3.63) is 59.2 Å². The van der Waals surface area contributed by atoms with Gasteiger partial charge in [0.2, 0.25) is 15.9 Å². The van der Waals surface area contributed by atoms with E-state index in [4.69, 9.17) is 0 Å². The van der Waals surface area contributed by atoms with Crippen molar-refractivity contribution in [1.29, 1.82) is 0 Å². The molecule has 2 rings (SSSR count). The molecule has 0 atom stereocenters. The Morgan fingerprint density at radius 3 is 2.00 bits per heavy atom. The summed E-state index contributed by atoms with van der Waals surface area (Å²) < 4.78 is 52.5. The number of carbonyl (C=O) groups excluding carboxylic acids is 1. The van der Waals surface area contributed by atoms with E-state index in [1.165, 1.54) is 6.07 Å². The lowest BCUT2D eigenvalue weighted by Crippen LogP contribution is -2.38. The average Bonchev–Trinajstić information content (AvgIpc) is 2.49. The van der Waals surface area contributed by atoms with E-state index in [2.05, 4.69) is 5.32 Å².